The van der Waals surface area contributed by atoms with Gasteiger partial charge in [0.25, 0.3) is 5.82 Å². The molecule has 5 rings (SSSR count). The Balaban J connectivity index is 1.61. The van der Waals surface area contributed by atoms with Gasteiger partial charge in [0.2, 0.25) is 5.60 Å². The first-order valence-electron chi connectivity index (χ1n) is 11.1. The number of anilines is 1. The Morgan fingerprint density at radius 2 is 2.14 bits per heavy atom. The fourth-order valence-corrected chi connectivity index (χ4v) is 4.72. The number of hydrogen-bond acceptors (Lipinski definition) is 6. The Kier molecular flexibility index (Phi) is 5.35. The first kappa shape index (κ1) is 22.9. The van der Waals surface area contributed by atoms with Gasteiger partial charge in [-0.25, -0.2) is 9.78 Å². The Labute approximate surface area is 205 Å². The number of nitrogens with one attached hydrogen (secondary N) is 1. The number of amides is 1. The maximum atomic E-state index is 11.7. The minimum Gasteiger partial charge on any atom is -0.507 e. The van der Waals surface area contributed by atoms with Crippen LogP contribution in [0.1, 0.15) is 36.0 Å². The van der Waals surface area contributed by atoms with Crippen LogP contribution in [0.4, 0.5) is 10.5 Å². The predicted octanol–water partition coefficient (Wildman–Crippen LogP) is 3.06. The van der Waals surface area contributed by atoms with Gasteiger partial charge in [0.1, 0.15) is 17.6 Å². The normalized spacial score (nSPS) is 18.0. The van der Waals surface area contributed by atoms with Crippen LogP contribution >= 0.6 is 0 Å². The van der Waals surface area contributed by atoms with Gasteiger partial charge in [-0.05, 0) is 47.4 Å². The topological polar surface area (TPSA) is 145 Å². The number of allylic oxidation sites excluding steroid dienone is 5. The molecule has 3 heterocycles. The van der Waals surface area contributed by atoms with E-state index >= 15 is 0 Å². The third-order valence-corrected chi connectivity index (χ3v) is 6.31. The van der Waals surface area contributed by atoms with Gasteiger partial charge in [-0.3, -0.25) is 5.32 Å². The fourth-order valence-electron chi connectivity index (χ4n) is 4.72. The monoisotopic (exact) mass is 484 g/mol. The van der Waals surface area contributed by atoms with Crippen LogP contribution in [0.3, 0.4) is 0 Å². The largest absolute Gasteiger partial charge is 0.507 e. The van der Waals surface area contributed by atoms with E-state index in [2.05, 4.69) is 22.9 Å². The van der Waals surface area contributed by atoms with Crippen LogP contribution in [0, 0.1) is 11.3 Å². The molecule has 3 aromatic rings. The summed E-state index contributed by atoms with van der Waals surface area (Å²) in [5, 5.41) is 43.7. The molecule has 10 heteroatoms. The number of aromatic hydroxyl groups is 1. The van der Waals surface area contributed by atoms with Crippen molar-refractivity contribution >= 4 is 17.4 Å². The molecule has 4 N–H and O–H groups in total. The molecule has 0 saturated carbocycles. The summed E-state index contributed by atoms with van der Waals surface area (Å²) in [6.45, 7) is 5.60. The van der Waals surface area contributed by atoms with Crippen molar-refractivity contribution in [1.82, 2.24) is 9.71 Å². The number of fused-ring (bicyclic) bond motifs is 2. The third-order valence-electron chi connectivity index (χ3n) is 6.31. The van der Waals surface area contributed by atoms with Crippen molar-refractivity contribution < 1.29 is 29.8 Å². The van der Waals surface area contributed by atoms with Gasteiger partial charge in [-0.1, -0.05) is 30.9 Å². The molecule has 36 heavy (non-hydrogen) atoms. The van der Waals surface area contributed by atoms with Crippen LogP contribution in [0.2, 0.25) is 0 Å². The average molecular weight is 484 g/mol. The second-order valence-electron chi connectivity index (χ2n) is 8.41. The molecule has 1 aliphatic carbocycles. The lowest BCUT2D eigenvalue weighted by Gasteiger charge is -2.24. The lowest BCUT2D eigenvalue weighted by Crippen LogP contribution is -2.58. The van der Waals surface area contributed by atoms with Crippen LogP contribution in [-0.2, 0) is 12.0 Å². The van der Waals surface area contributed by atoms with Crippen molar-refractivity contribution in [1.29, 1.82) is 5.26 Å². The van der Waals surface area contributed by atoms with Gasteiger partial charge in [0.15, 0.2) is 11.9 Å². The lowest BCUT2D eigenvalue weighted by atomic mass is 9.96. The van der Waals surface area contributed by atoms with E-state index in [-0.39, 0.29) is 18.0 Å². The zero-order valence-corrected chi connectivity index (χ0v) is 19.3. The summed E-state index contributed by atoms with van der Waals surface area (Å²) in [4.78, 5) is 21.5. The van der Waals surface area contributed by atoms with E-state index < -0.39 is 11.7 Å². The Morgan fingerprint density at radius 3 is 2.78 bits per heavy atom. The standard InChI is InChI=1S/C26H21N5O5/c1-3-5-16(12-27)18(4-2)20-13-30-23-19(22(20)32)10-11-26(23,35)24-29-21(14-31(24)36-30)15-6-8-17(9-7-15)28-25(33)34/h3-9,13-14,28,35H,2,10-11H2,1H3,(H,33,34)/p+1/b5-3-,18-16-. The van der Waals surface area contributed by atoms with Crippen LogP contribution in [-0.4, -0.2) is 31.1 Å². The molecule has 1 aliphatic heterocycles. The molecule has 1 amide bonds. The maximum absolute atomic E-state index is 11.7. The number of aromatic nitrogens is 3. The van der Waals surface area contributed by atoms with Gasteiger partial charge >= 0.3 is 6.09 Å². The number of benzene rings is 1. The summed E-state index contributed by atoms with van der Waals surface area (Å²) in [6.07, 6.45) is 7.48. The van der Waals surface area contributed by atoms with E-state index in [4.69, 9.17) is 10.0 Å². The van der Waals surface area contributed by atoms with E-state index in [1.165, 1.54) is 21.7 Å². The first-order valence-corrected chi connectivity index (χ1v) is 11.1. The van der Waals surface area contributed by atoms with Crippen molar-refractivity contribution in [2.75, 3.05) is 5.32 Å². The Bertz CT molecular complexity index is 1530. The molecule has 1 unspecified atom stereocenters. The number of nitrogens with zero attached hydrogens (tertiary/aromatic N) is 4. The number of nitriles is 1. The highest BCUT2D eigenvalue weighted by Crippen LogP contribution is 2.46. The number of rotatable bonds is 5. The molecule has 0 saturated heterocycles. The zero-order valence-electron chi connectivity index (χ0n) is 19.3. The minimum atomic E-state index is -1.51. The SMILES string of the molecule is C=C/C(=C(C#N)\C=C/C)c1c[n+]2c3c(c1O)CCC3(O)c1nc(-c3ccc(NC(=O)O)cc3)cn1O2. The molecular formula is C26H22N5O5+. The second-order valence-corrected chi connectivity index (χ2v) is 8.41. The van der Waals surface area contributed by atoms with E-state index in [1.807, 2.05) is 0 Å². The molecule has 0 spiro atoms. The molecule has 0 bridgehead atoms. The number of carboxylic acid groups (broad SMARTS) is 1. The summed E-state index contributed by atoms with van der Waals surface area (Å²) in [5.74, 6) is 0.219. The molecule has 0 radical (unpaired) electrons. The van der Waals surface area contributed by atoms with Gasteiger partial charge in [0, 0.05) is 22.4 Å². The third kappa shape index (κ3) is 3.41. The minimum absolute atomic E-state index is 0.0466. The van der Waals surface area contributed by atoms with Crippen molar-refractivity contribution in [2.24, 2.45) is 0 Å². The van der Waals surface area contributed by atoms with Crippen LogP contribution in [0.5, 0.6) is 5.75 Å². The van der Waals surface area contributed by atoms with Gasteiger partial charge in [-0.15, -0.1) is 4.94 Å². The fraction of sp³-hybridized carbons (Fsp3) is 0.154. The van der Waals surface area contributed by atoms with Gasteiger partial charge in [0.05, 0.1) is 17.2 Å². The molecule has 0 fully saturated rings. The molecule has 1 aromatic carbocycles. The number of aliphatic hydroxyl groups is 1. The van der Waals surface area contributed by atoms with E-state index in [9.17, 15) is 20.3 Å². The van der Waals surface area contributed by atoms with Crippen molar-refractivity contribution in [3.63, 3.8) is 0 Å². The lowest BCUT2D eigenvalue weighted by molar-refractivity contribution is -0.917. The van der Waals surface area contributed by atoms with Crippen molar-refractivity contribution in [3.05, 3.63) is 89.7 Å². The summed E-state index contributed by atoms with van der Waals surface area (Å²) in [5.41, 5.74) is 2.11. The molecular weight excluding hydrogens is 462 g/mol. The number of imidazole rings is 1. The van der Waals surface area contributed by atoms with Gasteiger partial charge in [-0.2, -0.15) is 5.26 Å². The first-order chi connectivity index (χ1) is 17.3. The van der Waals surface area contributed by atoms with E-state index in [0.717, 1.165) is 0 Å². The smallest absolute Gasteiger partial charge is 0.409 e. The van der Waals surface area contributed by atoms with Crippen molar-refractivity contribution in [3.8, 4) is 23.1 Å². The second kappa shape index (κ2) is 8.41. The summed E-state index contributed by atoms with van der Waals surface area (Å²) in [6, 6.07) is 8.76. The Hall–Kier alpha value is -4.88. The van der Waals surface area contributed by atoms with E-state index in [0.29, 0.717) is 51.3 Å². The number of carbonyl (C=O) groups is 1. The number of hydrogen-bond donors (Lipinski definition) is 4. The molecule has 2 aliphatic rings. The number of pyridine rings is 1. The van der Waals surface area contributed by atoms with E-state index in [1.54, 1.807) is 49.5 Å². The molecule has 1 atom stereocenters. The zero-order chi connectivity index (χ0) is 25.6. The highest BCUT2D eigenvalue weighted by atomic mass is 16.8. The van der Waals surface area contributed by atoms with Crippen molar-refractivity contribution in [2.45, 2.75) is 25.4 Å². The van der Waals surface area contributed by atoms with Gasteiger partial charge < -0.3 is 15.3 Å². The molecule has 2 aromatic heterocycles. The quantitative estimate of drug-likeness (QED) is 0.247. The predicted molar refractivity (Wildman–Crippen MR) is 128 cm³/mol. The summed E-state index contributed by atoms with van der Waals surface area (Å²) in [7, 11) is 0. The molecule has 10 nitrogen and oxygen atoms in total. The maximum Gasteiger partial charge on any atom is 0.409 e. The highest BCUT2D eigenvalue weighted by Gasteiger charge is 2.56. The summed E-state index contributed by atoms with van der Waals surface area (Å²) < 4.78 is 2.76. The molecule has 180 valence electrons. The van der Waals surface area contributed by atoms with Crippen LogP contribution in [0.25, 0.3) is 16.8 Å². The Morgan fingerprint density at radius 1 is 1.39 bits per heavy atom. The summed E-state index contributed by atoms with van der Waals surface area (Å²) >= 11 is 0. The average Bonchev–Trinajstić information content (AvgIpc) is 3.45. The van der Waals surface area contributed by atoms with Crippen LogP contribution < -0.4 is 15.0 Å². The van der Waals surface area contributed by atoms with Crippen LogP contribution in [0.15, 0.2) is 67.0 Å². The highest BCUT2D eigenvalue weighted by molar-refractivity contribution is 5.84.